The van der Waals surface area contributed by atoms with Gasteiger partial charge in [-0.3, -0.25) is 4.79 Å². The van der Waals surface area contributed by atoms with Crippen LogP contribution in [0.3, 0.4) is 0 Å². The minimum Gasteiger partial charge on any atom is -0.360 e. The van der Waals surface area contributed by atoms with Gasteiger partial charge in [-0.1, -0.05) is 11.6 Å². The van der Waals surface area contributed by atoms with Gasteiger partial charge >= 0.3 is 0 Å². The van der Waals surface area contributed by atoms with Crippen molar-refractivity contribution < 1.29 is 17.7 Å². The Morgan fingerprint density at radius 1 is 1.25 bits per heavy atom. The molecule has 4 rings (SSSR count). The highest BCUT2D eigenvalue weighted by Gasteiger charge is 2.43. The quantitative estimate of drug-likeness (QED) is 0.807. The van der Waals surface area contributed by atoms with Crippen LogP contribution >= 0.6 is 0 Å². The van der Waals surface area contributed by atoms with Crippen molar-refractivity contribution in [3.63, 3.8) is 0 Å². The Labute approximate surface area is 167 Å². The van der Waals surface area contributed by atoms with Crippen LogP contribution in [-0.4, -0.2) is 42.9 Å². The lowest BCUT2D eigenvalue weighted by Crippen LogP contribution is -2.49. The number of fused-ring (bicyclic) bond motifs is 2. The monoisotopic (exact) mass is 409 g/mol. The van der Waals surface area contributed by atoms with Crippen LogP contribution in [0, 0.1) is 37.5 Å². The summed E-state index contributed by atoms with van der Waals surface area (Å²) in [6, 6.07) is 0.164. The second-order valence-corrected chi connectivity index (χ2v) is 10.9. The van der Waals surface area contributed by atoms with Gasteiger partial charge in [0.25, 0.3) is 0 Å². The molecule has 3 fully saturated rings. The summed E-state index contributed by atoms with van der Waals surface area (Å²) in [4.78, 5) is 13.0. The van der Waals surface area contributed by atoms with Gasteiger partial charge in [0.2, 0.25) is 15.9 Å². The molecule has 8 heteroatoms. The van der Waals surface area contributed by atoms with E-state index in [0.29, 0.717) is 30.3 Å². The third-order valence-corrected chi connectivity index (χ3v) is 9.24. The number of rotatable bonds is 5. The van der Waals surface area contributed by atoms with Gasteiger partial charge in [0.15, 0.2) is 5.76 Å². The standard InChI is InChI=1S/C20H31N3O4S/c1-12(18-10-15-6-7-16(18)9-15)21-20(24)17-5-4-8-23(11-17)28(25,26)19-13(2)22-27-14(19)3/h12,15-18H,4-11H2,1-3H3,(H,21,24)/t12-,15+,16+,17+,18+/m1/s1. The van der Waals surface area contributed by atoms with E-state index in [1.807, 2.05) is 0 Å². The smallest absolute Gasteiger partial charge is 0.248 e. The maximum absolute atomic E-state index is 13.1. The van der Waals surface area contributed by atoms with Crippen LogP contribution in [0.15, 0.2) is 9.42 Å². The largest absolute Gasteiger partial charge is 0.360 e. The van der Waals surface area contributed by atoms with Crippen molar-refractivity contribution in [2.24, 2.45) is 23.7 Å². The van der Waals surface area contributed by atoms with Crippen molar-refractivity contribution in [1.29, 1.82) is 0 Å². The average molecular weight is 410 g/mol. The lowest BCUT2D eigenvalue weighted by atomic mass is 9.83. The molecule has 0 aromatic carbocycles. The van der Waals surface area contributed by atoms with Gasteiger partial charge in [0, 0.05) is 19.1 Å². The van der Waals surface area contributed by atoms with Crippen LogP contribution in [0.4, 0.5) is 0 Å². The molecule has 2 bridgehead atoms. The van der Waals surface area contributed by atoms with Gasteiger partial charge in [-0.15, -0.1) is 0 Å². The zero-order chi connectivity index (χ0) is 20.1. The Hall–Kier alpha value is -1.41. The van der Waals surface area contributed by atoms with Gasteiger partial charge in [-0.25, -0.2) is 8.42 Å². The third kappa shape index (κ3) is 3.49. The van der Waals surface area contributed by atoms with Crippen molar-refractivity contribution in [2.45, 2.75) is 70.2 Å². The predicted octanol–water partition coefficient (Wildman–Crippen LogP) is 2.63. The number of aromatic nitrogens is 1. The Morgan fingerprint density at radius 3 is 2.64 bits per heavy atom. The van der Waals surface area contributed by atoms with Gasteiger partial charge in [-0.05, 0) is 70.6 Å². The molecule has 7 nitrogen and oxygen atoms in total. The molecule has 5 atom stereocenters. The molecule has 1 aromatic rings. The summed E-state index contributed by atoms with van der Waals surface area (Å²) in [7, 11) is -3.70. The van der Waals surface area contributed by atoms with Gasteiger partial charge in [-0.2, -0.15) is 4.31 Å². The number of carbonyl (C=O) groups excluding carboxylic acids is 1. The highest BCUT2D eigenvalue weighted by molar-refractivity contribution is 7.89. The molecule has 0 spiro atoms. The molecule has 2 aliphatic carbocycles. The lowest BCUT2D eigenvalue weighted by Gasteiger charge is -2.33. The number of nitrogens with one attached hydrogen (secondary N) is 1. The Bertz CT molecular complexity index is 830. The Kier molecular flexibility index (Phi) is 5.29. The molecule has 0 radical (unpaired) electrons. The van der Waals surface area contributed by atoms with Crippen molar-refractivity contribution in [3.8, 4) is 0 Å². The van der Waals surface area contributed by atoms with Crippen molar-refractivity contribution >= 4 is 15.9 Å². The number of hydrogen-bond donors (Lipinski definition) is 1. The molecule has 1 aromatic heterocycles. The van der Waals surface area contributed by atoms with E-state index in [-0.39, 0.29) is 29.3 Å². The summed E-state index contributed by atoms with van der Waals surface area (Å²) in [6.07, 6.45) is 6.59. The number of piperidine rings is 1. The summed E-state index contributed by atoms with van der Waals surface area (Å²) in [5, 5.41) is 6.99. The fourth-order valence-corrected chi connectivity index (χ4v) is 7.52. The number of amides is 1. The fourth-order valence-electron chi connectivity index (χ4n) is 5.70. The summed E-state index contributed by atoms with van der Waals surface area (Å²) >= 11 is 0. The van der Waals surface area contributed by atoms with E-state index >= 15 is 0 Å². The molecule has 1 amide bonds. The zero-order valence-corrected chi connectivity index (χ0v) is 17.8. The number of aryl methyl sites for hydroxylation is 2. The Morgan fingerprint density at radius 2 is 2.04 bits per heavy atom. The van der Waals surface area contributed by atoms with Crippen LogP contribution in [0.25, 0.3) is 0 Å². The first-order chi connectivity index (χ1) is 13.3. The van der Waals surface area contributed by atoms with E-state index in [9.17, 15) is 13.2 Å². The third-order valence-electron chi connectivity index (χ3n) is 7.13. The van der Waals surface area contributed by atoms with Crippen LogP contribution in [0.1, 0.15) is 56.9 Å². The number of nitrogens with zero attached hydrogens (tertiary/aromatic N) is 2. The summed E-state index contributed by atoms with van der Waals surface area (Å²) in [5.41, 5.74) is 0.369. The second-order valence-electron chi connectivity index (χ2n) is 8.99. The van der Waals surface area contributed by atoms with E-state index < -0.39 is 10.0 Å². The van der Waals surface area contributed by atoms with E-state index in [0.717, 1.165) is 18.3 Å². The first-order valence-corrected chi connectivity index (χ1v) is 11.9. The predicted molar refractivity (Wildman–Crippen MR) is 104 cm³/mol. The van der Waals surface area contributed by atoms with Crippen LogP contribution < -0.4 is 5.32 Å². The summed E-state index contributed by atoms with van der Waals surface area (Å²) in [6.45, 7) is 6.01. The highest BCUT2D eigenvalue weighted by Crippen LogP contribution is 2.49. The number of carbonyl (C=O) groups is 1. The normalized spacial score (nSPS) is 31.8. The molecule has 0 unspecified atom stereocenters. The molecule has 1 aliphatic heterocycles. The van der Waals surface area contributed by atoms with E-state index in [1.165, 1.54) is 30.0 Å². The first-order valence-electron chi connectivity index (χ1n) is 10.5. The van der Waals surface area contributed by atoms with Gasteiger partial charge in [0.1, 0.15) is 10.6 Å². The van der Waals surface area contributed by atoms with Crippen LogP contribution in [0.5, 0.6) is 0 Å². The van der Waals surface area contributed by atoms with Crippen LogP contribution in [0.2, 0.25) is 0 Å². The molecular formula is C20H31N3O4S. The topological polar surface area (TPSA) is 92.5 Å². The summed E-state index contributed by atoms with van der Waals surface area (Å²) < 4.78 is 32.6. The molecule has 156 valence electrons. The fraction of sp³-hybridized carbons (Fsp3) is 0.800. The van der Waals surface area contributed by atoms with E-state index in [2.05, 4.69) is 17.4 Å². The van der Waals surface area contributed by atoms with Gasteiger partial charge in [0.05, 0.1) is 5.92 Å². The second kappa shape index (κ2) is 7.44. The minimum absolute atomic E-state index is 0.00561. The number of hydrogen-bond acceptors (Lipinski definition) is 5. The minimum atomic E-state index is -3.70. The van der Waals surface area contributed by atoms with Crippen molar-refractivity contribution in [1.82, 2.24) is 14.8 Å². The maximum Gasteiger partial charge on any atom is 0.248 e. The molecule has 3 aliphatic rings. The summed E-state index contributed by atoms with van der Waals surface area (Å²) in [5.74, 6) is 2.17. The molecule has 2 saturated carbocycles. The SMILES string of the molecule is Cc1noc(C)c1S(=O)(=O)N1CCC[C@H](C(=O)N[C@H](C)[C@@H]2C[C@H]3CC[C@H]2C3)C1. The molecule has 1 N–H and O–H groups in total. The van der Waals surface area contributed by atoms with Crippen molar-refractivity contribution in [2.75, 3.05) is 13.1 Å². The van der Waals surface area contributed by atoms with Crippen LogP contribution in [-0.2, 0) is 14.8 Å². The molecule has 1 saturated heterocycles. The molecule has 2 heterocycles. The Balaban J connectivity index is 1.41. The van der Waals surface area contributed by atoms with Gasteiger partial charge < -0.3 is 9.84 Å². The van der Waals surface area contributed by atoms with E-state index in [1.54, 1.807) is 13.8 Å². The first kappa shape index (κ1) is 19.9. The lowest BCUT2D eigenvalue weighted by molar-refractivity contribution is -0.127. The van der Waals surface area contributed by atoms with E-state index in [4.69, 9.17) is 4.52 Å². The van der Waals surface area contributed by atoms with Crippen molar-refractivity contribution in [3.05, 3.63) is 11.5 Å². The maximum atomic E-state index is 13.1. The zero-order valence-electron chi connectivity index (χ0n) is 17.0. The molecular weight excluding hydrogens is 378 g/mol. The average Bonchev–Trinajstić information content (AvgIpc) is 3.38. The number of sulfonamides is 1. The highest BCUT2D eigenvalue weighted by atomic mass is 32.2. The molecule has 28 heavy (non-hydrogen) atoms.